The number of hydrogen-bond acceptors (Lipinski definition) is 4. The van der Waals surface area contributed by atoms with E-state index in [1.807, 2.05) is 0 Å². The molecule has 0 amide bonds. The summed E-state index contributed by atoms with van der Waals surface area (Å²) in [7, 11) is -4.49. The Labute approximate surface area is 83.2 Å². The van der Waals surface area contributed by atoms with Crippen LogP contribution >= 0.6 is 0 Å². The fourth-order valence-electron chi connectivity index (χ4n) is 0.269. The van der Waals surface area contributed by atoms with Gasteiger partial charge in [-0.25, -0.2) is 8.42 Å². The second-order valence-corrected chi connectivity index (χ2v) is 2.73. The molecule has 0 radical (unpaired) electrons. The average Bonchev–Trinajstić information content (AvgIpc) is 1.62. The smallest absolute Gasteiger partial charge is 0.726 e. The van der Waals surface area contributed by atoms with Crippen LogP contribution in [0.5, 0.6) is 0 Å². The van der Waals surface area contributed by atoms with Crippen molar-refractivity contribution in [3.05, 3.63) is 0 Å². The van der Waals surface area contributed by atoms with E-state index in [1.165, 1.54) is 6.92 Å². The largest absolute Gasteiger partial charge is 1.00 e. The van der Waals surface area contributed by atoms with E-state index < -0.39 is 16.5 Å². The molecule has 56 valence electrons. The first-order valence-electron chi connectivity index (χ1n) is 2.60. The molecule has 6 heteroatoms. The Kier molecular flexibility index (Phi) is 7.42. The van der Waals surface area contributed by atoms with Crippen molar-refractivity contribution in [2.75, 3.05) is 0 Å². The van der Waals surface area contributed by atoms with E-state index in [0.717, 1.165) is 0 Å². The van der Waals surface area contributed by atoms with Gasteiger partial charge in [-0.3, -0.25) is 4.18 Å². The summed E-state index contributed by atoms with van der Waals surface area (Å²) in [4.78, 5) is 0. The maximum absolute atomic E-state index is 9.82. The van der Waals surface area contributed by atoms with Crippen LogP contribution in [0.3, 0.4) is 0 Å². The Morgan fingerprint density at radius 3 is 2.10 bits per heavy atom. The second kappa shape index (κ2) is 5.51. The Balaban J connectivity index is 0. The molecular formula is C4H9NaO4S. The molecule has 0 spiro atoms. The molecule has 0 saturated heterocycles. The molecule has 1 atom stereocenters. The maximum Gasteiger partial charge on any atom is 1.00 e. The average molecular weight is 176 g/mol. The van der Waals surface area contributed by atoms with E-state index in [9.17, 15) is 13.0 Å². The summed E-state index contributed by atoms with van der Waals surface area (Å²) >= 11 is 0. The van der Waals surface area contributed by atoms with Gasteiger partial charge in [0.2, 0.25) is 10.4 Å². The van der Waals surface area contributed by atoms with Gasteiger partial charge in [0.15, 0.2) is 0 Å². The van der Waals surface area contributed by atoms with E-state index in [0.29, 0.717) is 6.42 Å². The zero-order chi connectivity index (χ0) is 7.49. The van der Waals surface area contributed by atoms with Crippen LogP contribution in [0.25, 0.3) is 0 Å². The SMILES string of the molecule is CC[C@H](C)OS(=O)(=O)[O-].[Na+]. The third-order valence-electron chi connectivity index (χ3n) is 0.857. The summed E-state index contributed by atoms with van der Waals surface area (Å²) in [6.07, 6.45) is 0.00840. The van der Waals surface area contributed by atoms with E-state index in [4.69, 9.17) is 0 Å². The fraction of sp³-hybridized carbons (Fsp3) is 1.00. The van der Waals surface area contributed by atoms with Gasteiger partial charge < -0.3 is 4.55 Å². The molecule has 0 aliphatic carbocycles. The molecule has 0 bridgehead atoms. The first-order chi connectivity index (χ1) is 3.95. The first-order valence-corrected chi connectivity index (χ1v) is 3.93. The number of hydrogen-bond donors (Lipinski definition) is 0. The summed E-state index contributed by atoms with van der Waals surface area (Å²) < 4.78 is 33.5. The molecule has 0 aromatic rings. The maximum atomic E-state index is 9.82. The standard InChI is InChI=1S/C4H10O4S.Na/c1-3-4(2)8-9(5,6)7;/h4H,3H2,1-2H3,(H,5,6,7);/q;+1/p-1/t4-;/m0./s1. The van der Waals surface area contributed by atoms with Gasteiger partial charge in [0.05, 0.1) is 6.10 Å². The Bertz CT molecular complexity index is 164. The monoisotopic (exact) mass is 176 g/mol. The van der Waals surface area contributed by atoms with Gasteiger partial charge in [0.1, 0.15) is 0 Å². The van der Waals surface area contributed by atoms with Gasteiger partial charge in [-0.15, -0.1) is 0 Å². The van der Waals surface area contributed by atoms with Crippen LogP contribution in [0.1, 0.15) is 20.3 Å². The van der Waals surface area contributed by atoms with Crippen LogP contribution in [0.2, 0.25) is 0 Å². The molecule has 0 rings (SSSR count). The van der Waals surface area contributed by atoms with Gasteiger partial charge in [-0.1, -0.05) is 6.92 Å². The van der Waals surface area contributed by atoms with E-state index in [-0.39, 0.29) is 29.6 Å². The zero-order valence-electron chi connectivity index (χ0n) is 6.33. The van der Waals surface area contributed by atoms with Crippen molar-refractivity contribution < 1.29 is 46.7 Å². The summed E-state index contributed by atoms with van der Waals surface area (Å²) in [6.45, 7) is 3.26. The predicted molar refractivity (Wildman–Crippen MR) is 30.5 cm³/mol. The summed E-state index contributed by atoms with van der Waals surface area (Å²) in [5, 5.41) is 0. The van der Waals surface area contributed by atoms with Crippen LogP contribution in [-0.4, -0.2) is 19.1 Å². The van der Waals surface area contributed by atoms with E-state index in [2.05, 4.69) is 4.18 Å². The summed E-state index contributed by atoms with van der Waals surface area (Å²) in [5.74, 6) is 0. The zero-order valence-corrected chi connectivity index (χ0v) is 9.14. The van der Waals surface area contributed by atoms with Crippen molar-refractivity contribution in [1.82, 2.24) is 0 Å². The molecule has 0 aromatic carbocycles. The van der Waals surface area contributed by atoms with Crippen LogP contribution in [-0.2, 0) is 14.6 Å². The predicted octanol–water partition coefficient (Wildman–Crippen LogP) is -2.73. The van der Waals surface area contributed by atoms with Crippen LogP contribution in [0.15, 0.2) is 0 Å². The van der Waals surface area contributed by atoms with Crippen molar-refractivity contribution in [3.63, 3.8) is 0 Å². The Morgan fingerprint density at radius 2 is 2.00 bits per heavy atom. The quantitative estimate of drug-likeness (QED) is 0.266. The van der Waals surface area contributed by atoms with Gasteiger partial charge in [0, 0.05) is 0 Å². The Hall–Kier alpha value is 0.870. The minimum Gasteiger partial charge on any atom is -0.726 e. The van der Waals surface area contributed by atoms with Gasteiger partial charge >= 0.3 is 29.6 Å². The van der Waals surface area contributed by atoms with Gasteiger partial charge in [-0.2, -0.15) is 0 Å². The van der Waals surface area contributed by atoms with Crippen LogP contribution < -0.4 is 29.6 Å². The molecule has 0 aliphatic heterocycles. The molecule has 0 N–H and O–H groups in total. The molecule has 0 fully saturated rings. The molecule has 0 aromatic heterocycles. The number of rotatable bonds is 3. The van der Waals surface area contributed by atoms with Gasteiger partial charge in [-0.05, 0) is 13.3 Å². The minimum absolute atomic E-state index is 0. The molecule has 0 unspecified atom stereocenters. The van der Waals surface area contributed by atoms with Gasteiger partial charge in [0.25, 0.3) is 0 Å². The molecule has 0 aliphatic rings. The topological polar surface area (TPSA) is 66.4 Å². The first kappa shape index (κ1) is 13.5. The molecule has 0 saturated carbocycles. The minimum atomic E-state index is -4.49. The third-order valence-corrected chi connectivity index (χ3v) is 1.42. The summed E-state index contributed by atoms with van der Waals surface area (Å²) in [6, 6.07) is 0. The Morgan fingerprint density at radius 1 is 1.60 bits per heavy atom. The van der Waals surface area contributed by atoms with Crippen molar-refractivity contribution in [2.24, 2.45) is 0 Å². The van der Waals surface area contributed by atoms with Crippen molar-refractivity contribution in [2.45, 2.75) is 26.4 Å². The van der Waals surface area contributed by atoms with Crippen LogP contribution in [0.4, 0.5) is 0 Å². The third kappa shape index (κ3) is 8.87. The van der Waals surface area contributed by atoms with Crippen molar-refractivity contribution >= 4 is 10.4 Å². The summed E-state index contributed by atoms with van der Waals surface area (Å²) in [5.41, 5.74) is 0. The second-order valence-electron chi connectivity index (χ2n) is 1.72. The normalized spacial score (nSPS) is 13.9. The van der Waals surface area contributed by atoms with E-state index >= 15 is 0 Å². The van der Waals surface area contributed by atoms with Crippen molar-refractivity contribution in [1.29, 1.82) is 0 Å². The van der Waals surface area contributed by atoms with Crippen LogP contribution in [0, 0.1) is 0 Å². The fourth-order valence-corrected chi connectivity index (χ4v) is 0.808. The van der Waals surface area contributed by atoms with E-state index in [1.54, 1.807) is 6.92 Å². The molecule has 0 heterocycles. The van der Waals surface area contributed by atoms with Crippen molar-refractivity contribution in [3.8, 4) is 0 Å². The molecule has 10 heavy (non-hydrogen) atoms. The molecular weight excluding hydrogens is 167 g/mol. The molecule has 4 nitrogen and oxygen atoms in total.